The molecule has 2 aromatic carbocycles. The number of carboxylic acids is 1. The van der Waals surface area contributed by atoms with Gasteiger partial charge < -0.3 is 30.1 Å². The molecule has 4 heterocycles. The molecule has 4 aromatic rings. The van der Waals surface area contributed by atoms with Gasteiger partial charge in [-0.3, -0.25) is 24.2 Å². The molecule has 3 N–H and O–H groups in total. The number of aliphatic carboxylic acids is 1. The number of Topliss-reactive ketones (excluding diaryl/α,β-unsaturated/α-hetero) is 2. The Bertz CT molecular complexity index is 1990. The van der Waals surface area contributed by atoms with Crippen molar-refractivity contribution in [2.75, 3.05) is 38.2 Å². The van der Waals surface area contributed by atoms with Crippen molar-refractivity contribution in [1.29, 1.82) is 0 Å². The van der Waals surface area contributed by atoms with Gasteiger partial charge in [-0.15, -0.1) is 28.2 Å². The lowest BCUT2D eigenvalue weighted by Crippen LogP contribution is -2.68. The van der Waals surface area contributed by atoms with E-state index >= 15 is 0 Å². The highest BCUT2D eigenvalue weighted by molar-refractivity contribution is 6.31. The van der Waals surface area contributed by atoms with Crippen LogP contribution in [0.3, 0.4) is 0 Å². The summed E-state index contributed by atoms with van der Waals surface area (Å²) < 4.78 is 36.3. The Morgan fingerprint density at radius 2 is 1.31 bits per heavy atom. The average molecular weight is 926 g/mol. The first-order chi connectivity index (χ1) is 27.1. The molecule has 2 saturated heterocycles. The van der Waals surface area contributed by atoms with E-state index in [0.717, 1.165) is 28.3 Å². The van der Waals surface area contributed by atoms with Crippen molar-refractivity contribution in [2.45, 2.75) is 32.5 Å². The van der Waals surface area contributed by atoms with Crippen molar-refractivity contribution in [3.8, 4) is 0 Å². The minimum absolute atomic E-state index is 0. The zero-order chi connectivity index (χ0) is 42.5. The van der Waals surface area contributed by atoms with Crippen LogP contribution in [0.4, 0.5) is 14.6 Å². The molecule has 2 aromatic heterocycles. The standard InChI is InChI=1S/C19H16Cl3FN2O3.C7H8ClN.C6H2ClFN2.C3H4O2.C2H3ClO2.CH4/c20-7-18(27)25(9-12-1-3-13(21)4-2-12)19(10-28-11-19)17(26)6-16-15(23)5-14(22)8-24-16;8-7-3-1-6(5-9)2-4-7;1-9-6-5(8)2-4(7)3-10-6;4-3-1-5-2-3;3-1-2(4)5;/h1-5,8H,6-7,9-11H2;1-4H,5,9H2;2-3H;1-2H2;1H2,(H,4,5);1H4. The molecule has 58 heavy (non-hydrogen) atoms. The predicted molar refractivity (Wildman–Crippen MR) is 220 cm³/mol. The first-order valence-electron chi connectivity index (χ1n) is 16.1. The van der Waals surface area contributed by atoms with E-state index in [2.05, 4.69) is 19.5 Å². The number of nitrogens with two attached hydrogens (primary N) is 1. The Morgan fingerprint density at radius 3 is 1.67 bits per heavy atom. The molecule has 0 aliphatic carbocycles. The van der Waals surface area contributed by atoms with Crippen LogP contribution in [0, 0.1) is 18.2 Å². The SMILES string of the molecule is C.NCc1ccc(Cl)cc1.O=C(CCl)N(Cc1ccc(Cl)cc1)C1(C(=O)Cc2ncc(Cl)cc2F)COC1.O=C(O)CCl.O=C1COC1.[C-]#[N+]c1ncc(Cl)cc1F. The van der Waals surface area contributed by atoms with Crippen molar-refractivity contribution in [3.05, 3.63) is 133 Å². The van der Waals surface area contributed by atoms with Crippen LogP contribution in [0.2, 0.25) is 20.1 Å². The summed E-state index contributed by atoms with van der Waals surface area (Å²) in [5.41, 5.74) is 5.98. The van der Waals surface area contributed by atoms with Crippen LogP contribution in [-0.4, -0.2) is 87.1 Å². The highest BCUT2D eigenvalue weighted by Gasteiger charge is 2.52. The zero-order valence-electron chi connectivity index (χ0n) is 29.6. The summed E-state index contributed by atoms with van der Waals surface area (Å²) in [5, 5.41) is 9.24. The summed E-state index contributed by atoms with van der Waals surface area (Å²) in [7, 11) is 0. The van der Waals surface area contributed by atoms with E-state index in [-0.39, 0.29) is 78.5 Å². The Morgan fingerprint density at radius 1 is 0.828 bits per heavy atom. The van der Waals surface area contributed by atoms with Gasteiger partial charge in [0.15, 0.2) is 17.4 Å². The predicted octanol–water partition coefficient (Wildman–Crippen LogP) is 8.43. The molecule has 0 spiro atoms. The summed E-state index contributed by atoms with van der Waals surface area (Å²) in [6.45, 7) is 7.88. The van der Waals surface area contributed by atoms with E-state index < -0.39 is 29.0 Å². The van der Waals surface area contributed by atoms with E-state index in [9.17, 15) is 28.0 Å². The number of ether oxygens (including phenoxy) is 2. The van der Waals surface area contributed by atoms with Gasteiger partial charge in [0.1, 0.15) is 42.5 Å². The maximum Gasteiger partial charge on any atom is 0.318 e. The topological polar surface area (TPSA) is 166 Å². The second-order valence-electron chi connectivity index (χ2n) is 11.4. The molecule has 0 bridgehead atoms. The molecule has 312 valence electrons. The number of halogens is 8. The van der Waals surface area contributed by atoms with Crippen LogP contribution < -0.4 is 5.73 Å². The summed E-state index contributed by atoms with van der Waals surface area (Å²) in [4.78, 5) is 56.2. The Balaban J connectivity index is 0.000000453. The van der Waals surface area contributed by atoms with E-state index in [4.69, 9.17) is 91.8 Å². The number of aromatic nitrogens is 2. The van der Waals surface area contributed by atoms with Crippen LogP contribution in [-0.2, 0) is 48.2 Å². The van der Waals surface area contributed by atoms with E-state index in [0.29, 0.717) is 24.8 Å². The van der Waals surface area contributed by atoms with E-state index in [1.807, 2.05) is 24.3 Å². The number of carboxylic acid groups (broad SMARTS) is 1. The Labute approximate surface area is 363 Å². The van der Waals surface area contributed by atoms with Crippen LogP contribution in [0.15, 0.2) is 73.1 Å². The summed E-state index contributed by atoms with van der Waals surface area (Å²) in [6, 6.07) is 16.6. The fourth-order valence-electron chi connectivity index (χ4n) is 4.27. The molecule has 0 unspecified atom stereocenters. The normalized spacial score (nSPS) is 12.8. The Hall–Kier alpha value is -4.01. The summed E-state index contributed by atoms with van der Waals surface area (Å²) >= 11 is 33.1. The van der Waals surface area contributed by atoms with Gasteiger partial charge in [-0.25, -0.2) is 8.78 Å². The number of nitrogens with zero attached hydrogens (tertiary/aromatic N) is 4. The second-order valence-corrected chi connectivity index (χ2v) is 13.7. The van der Waals surface area contributed by atoms with Crippen LogP contribution in [0.5, 0.6) is 0 Å². The fourth-order valence-corrected chi connectivity index (χ4v) is 4.96. The number of rotatable bonds is 9. The molecule has 1 amide bonds. The average Bonchev–Trinajstić information content (AvgIpc) is 3.16. The van der Waals surface area contributed by atoms with Crippen molar-refractivity contribution >= 4 is 98.9 Å². The molecular formula is C38H37Cl6F2N5O7. The minimum atomic E-state index is -1.22. The van der Waals surface area contributed by atoms with Gasteiger partial charge in [0.05, 0.1) is 35.4 Å². The van der Waals surface area contributed by atoms with Crippen molar-refractivity contribution in [1.82, 2.24) is 14.9 Å². The lowest BCUT2D eigenvalue weighted by Gasteiger charge is -2.48. The highest BCUT2D eigenvalue weighted by atomic mass is 35.5. The number of pyridine rings is 2. The number of hydrogen-bond donors (Lipinski definition) is 2. The molecule has 2 aliphatic heterocycles. The lowest BCUT2D eigenvalue weighted by atomic mass is 9.86. The molecular weight excluding hydrogens is 889 g/mol. The molecule has 2 fully saturated rings. The summed E-state index contributed by atoms with van der Waals surface area (Å²) in [6.07, 6.45) is 2.21. The highest BCUT2D eigenvalue weighted by Crippen LogP contribution is 2.31. The van der Waals surface area contributed by atoms with Crippen LogP contribution in [0.1, 0.15) is 24.2 Å². The van der Waals surface area contributed by atoms with E-state index in [1.54, 1.807) is 24.3 Å². The number of alkyl halides is 2. The smallest absolute Gasteiger partial charge is 0.318 e. The van der Waals surface area contributed by atoms with Gasteiger partial charge in [-0.2, -0.15) is 0 Å². The third-order valence-corrected chi connectivity index (χ3v) is 8.66. The van der Waals surface area contributed by atoms with Gasteiger partial charge in [-0.05, 0) is 47.5 Å². The number of benzene rings is 2. The number of carbonyl (C=O) groups excluding carboxylic acids is 3. The Kier molecular flexibility index (Phi) is 24.1. The lowest BCUT2D eigenvalue weighted by molar-refractivity contribution is -0.178. The molecule has 0 saturated carbocycles. The molecule has 20 heteroatoms. The van der Waals surface area contributed by atoms with E-state index in [1.165, 1.54) is 17.3 Å². The minimum Gasteiger partial charge on any atom is -0.480 e. The van der Waals surface area contributed by atoms with Crippen LogP contribution >= 0.6 is 69.6 Å². The fraction of sp³-hybridized carbons (Fsp3) is 0.289. The van der Waals surface area contributed by atoms with Gasteiger partial charge in [0, 0.05) is 29.3 Å². The molecule has 6 rings (SSSR count). The maximum absolute atomic E-state index is 14.1. The number of carbonyl (C=O) groups is 4. The van der Waals surface area contributed by atoms with Crippen molar-refractivity contribution in [2.24, 2.45) is 5.73 Å². The van der Waals surface area contributed by atoms with Crippen molar-refractivity contribution < 1.29 is 42.5 Å². The third-order valence-electron chi connectivity index (χ3n) is 7.28. The monoisotopic (exact) mass is 923 g/mol. The molecule has 0 atom stereocenters. The number of amides is 1. The quantitative estimate of drug-likeness (QED) is 0.123. The van der Waals surface area contributed by atoms with Gasteiger partial charge >= 0.3 is 11.8 Å². The third kappa shape index (κ3) is 17.5. The van der Waals surface area contributed by atoms with Gasteiger partial charge in [0.25, 0.3) is 0 Å². The first-order valence-corrected chi connectivity index (χ1v) is 18.7. The zero-order valence-corrected chi connectivity index (χ0v) is 34.1. The molecule has 2 aliphatic rings. The number of hydrogen-bond acceptors (Lipinski definition) is 9. The second kappa shape index (κ2) is 26.9. The largest absolute Gasteiger partial charge is 0.480 e. The molecule has 0 radical (unpaired) electrons. The first kappa shape index (κ1) is 52.0. The maximum atomic E-state index is 14.1. The van der Waals surface area contributed by atoms with Crippen LogP contribution in [0.25, 0.3) is 4.85 Å². The van der Waals surface area contributed by atoms with Gasteiger partial charge in [-0.1, -0.05) is 84.7 Å². The number of ketones is 2. The molecule has 12 nitrogen and oxygen atoms in total. The summed E-state index contributed by atoms with van der Waals surface area (Å²) in [5.74, 6) is -3.76. The van der Waals surface area contributed by atoms with Crippen molar-refractivity contribution in [3.63, 3.8) is 0 Å². The van der Waals surface area contributed by atoms with Gasteiger partial charge in [0.2, 0.25) is 5.91 Å².